The minimum absolute atomic E-state index is 0.208. The van der Waals surface area contributed by atoms with Crippen LogP contribution >= 0.6 is 23.2 Å². The summed E-state index contributed by atoms with van der Waals surface area (Å²) in [6.07, 6.45) is 0. The van der Waals surface area contributed by atoms with Crippen molar-refractivity contribution in [2.75, 3.05) is 11.9 Å². The summed E-state index contributed by atoms with van der Waals surface area (Å²) in [5.41, 5.74) is 1.20. The maximum atomic E-state index is 11.9. The van der Waals surface area contributed by atoms with E-state index in [1.165, 1.54) is 6.07 Å². The van der Waals surface area contributed by atoms with Gasteiger partial charge in [-0.2, -0.15) is 0 Å². The number of halogens is 2. The van der Waals surface area contributed by atoms with Crippen molar-refractivity contribution in [3.05, 3.63) is 51.8 Å². The topological polar surface area (TPSA) is 71.2 Å². The number of aromatic nitrogens is 1. The normalized spacial score (nSPS) is 10.2. The average Bonchev–Trinajstić information content (AvgIpc) is 2.80. The van der Waals surface area contributed by atoms with E-state index in [9.17, 15) is 9.59 Å². The summed E-state index contributed by atoms with van der Waals surface area (Å²) in [7, 11) is 0. The molecule has 5 nitrogen and oxygen atoms in total. The van der Waals surface area contributed by atoms with Gasteiger partial charge in [0.2, 0.25) is 0 Å². The van der Waals surface area contributed by atoms with Gasteiger partial charge in [-0.15, -0.1) is 0 Å². The van der Waals surface area contributed by atoms with E-state index in [-0.39, 0.29) is 21.8 Å². The molecule has 21 heavy (non-hydrogen) atoms. The van der Waals surface area contributed by atoms with E-state index < -0.39 is 5.97 Å². The summed E-state index contributed by atoms with van der Waals surface area (Å²) in [6, 6.07) is 7.80. The molecule has 2 aromatic rings. The van der Waals surface area contributed by atoms with E-state index in [1.807, 2.05) is 0 Å². The van der Waals surface area contributed by atoms with Gasteiger partial charge in [-0.3, -0.25) is 4.79 Å². The van der Waals surface area contributed by atoms with Crippen LogP contribution in [0, 0.1) is 0 Å². The maximum absolute atomic E-state index is 11.9. The monoisotopic (exact) mass is 326 g/mol. The second kappa shape index (κ2) is 6.65. The van der Waals surface area contributed by atoms with Crippen LogP contribution < -0.4 is 5.32 Å². The number of nitrogens with one attached hydrogen (secondary N) is 2. The SMILES string of the molecule is CCOC(=O)c1ccc(NC(=O)c2cc(Cl)c(Cl)[nH]2)cc1. The highest BCUT2D eigenvalue weighted by Gasteiger charge is 2.12. The number of hydrogen-bond donors (Lipinski definition) is 2. The Labute approximate surface area is 131 Å². The zero-order chi connectivity index (χ0) is 15.4. The van der Waals surface area contributed by atoms with Crippen LogP contribution in [0.3, 0.4) is 0 Å². The summed E-state index contributed by atoms with van der Waals surface area (Å²) in [5.74, 6) is -0.786. The third-order valence-electron chi connectivity index (χ3n) is 2.62. The highest BCUT2D eigenvalue weighted by Crippen LogP contribution is 2.22. The van der Waals surface area contributed by atoms with E-state index in [0.29, 0.717) is 17.9 Å². The number of hydrogen-bond acceptors (Lipinski definition) is 3. The van der Waals surface area contributed by atoms with E-state index >= 15 is 0 Å². The lowest BCUT2D eigenvalue weighted by Gasteiger charge is -2.05. The predicted molar refractivity (Wildman–Crippen MR) is 81.2 cm³/mol. The lowest BCUT2D eigenvalue weighted by molar-refractivity contribution is 0.0526. The van der Waals surface area contributed by atoms with Gasteiger partial charge in [0.15, 0.2) is 0 Å². The van der Waals surface area contributed by atoms with Gasteiger partial charge in [0.05, 0.1) is 17.2 Å². The number of anilines is 1. The second-order valence-corrected chi connectivity index (χ2v) is 4.88. The highest BCUT2D eigenvalue weighted by atomic mass is 35.5. The zero-order valence-electron chi connectivity index (χ0n) is 11.1. The third-order valence-corrected chi connectivity index (χ3v) is 3.32. The first kappa shape index (κ1) is 15.4. The Hall–Kier alpha value is -1.98. The second-order valence-electron chi connectivity index (χ2n) is 4.10. The molecule has 0 saturated carbocycles. The van der Waals surface area contributed by atoms with Crippen LogP contribution in [-0.4, -0.2) is 23.5 Å². The van der Waals surface area contributed by atoms with Crippen molar-refractivity contribution in [1.82, 2.24) is 4.98 Å². The molecular weight excluding hydrogens is 315 g/mol. The number of benzene rings is 1. The van der Waals surface area contributed by atoms with Gasteiger partial charge in [-0.25, -0.2) is 4.79 Å². The van der Waals surface area contributed by atoms with Gasteiger partial charge in [-0.1, -0.05) is 23.2 Å². The maximum Gasteiger partial charge on any atom is 0.338 e. The van der Waals surface area contributed by atoms with Crippen molar-refractivity contribution >= 4 is 40.8 Å². The number of amides is 1. The molecule has 7 heteroatoms. The van der Waals surface area contributed by atoms with Gasteiger partial charge in [0.1, 0.15) is 10.8 Å². The molecule has 1 aromatic heterocycles. The standard InChI is InChI=1S/C14H12Cl2N2O3/c1-2-21-14(20)8-3-5-9(6-4-8)17-13(19)11-7-10(15)12(16)18-11/h3-7,18H,2H2,1H3,(H,17,19). The minimum atomic E-state index is -0.404. The molecule has 0 unspecified atom stereocenters. The molecule has 110 valence electrons. The molecule has 0 spiro atoms. The molecular formula is C14H12Cl2N2O3. The fraction of sp³-hybridized carbons (Fsp3) is 0.143. The van der Waals surface area contributed by atoms with Crippen molar-refractivity contribution < 1.29 is 14.3 Å². The first-order valence-corrected chi connectivity index (χ1v) is 6.89. The molecule has 0 aliphatic carbocycles. The lowest BCUT2D eigenvalue weighted by atomic mass is 10.2. The van der Waals surface area contributed by atoms with Crippen LogP contribution in [0.15, 0.2) is 30.3 Å². The van der Waals surface area contributed by atoms with Gasteiger partial charge >= 0.3 is 5.97 Å². The summed E-state index contributed by atoms with van der Waals surface area (Å²) < 4.78 is 4.87. The Bertz CT molecular complexity index is 646. The molecule has 1 heterocycles. The molecule has 1 amide bonds. The van der Waals surface area contributed by atoms with Crippen molar-refractivity contribution in [2.45, 2.75) is 6.92 Å². The van der Waals surface area contributed by atoms with Gasteiger partial charge in [-0.05, 0) is 37.3 Å². The summed E-state index contributed by atoms with van der Waals surface area (Å²) in [5, 5.41) is 3.14. The summed E-state index contributed by atoms with van der Waals surface area (Å²) >= 11 is 11.5. The number of carbonyl (C=O) groups excluding carboxylic acids is 2. The minimum Gasteiger partial charge on any atom is -0.462 e. The first-order valence-electron chi connectivity index (χ1n) is 6.13. The van der Waals surface area contributed by atoms with Crippen LogP contribution in [-0.2, 0) is 4.74 Å². The average molecular weight is 327 g/mol. The van der Waals surface area contributed by atoms with Crippen molar-refractivity contribution in [2.24, 2.45) is 0 Å². The van der Waals surface area contributed by atoms with Gasteiger partial charge < -0.3 is 15.0 Å². The number of ether oxygens (including phenoxy) is 1. The van der Waals surface area contributed by atoms with Gasteiger partial charge in [0.25, 0.3) is 5.91 Å². The van der Waals surface area contributed by atoms with Crippen LogP contribution in [0.5, 0.6) is 0 Å². The molecule has 0 aliphatic rings. The highest BCUT2D eigenvalue weighted by molar-refractivity contribution is 6.41. The largest absolute Gasteiger partial charge is 0.462 e. The molecule has 1 aromatic carbocycles. The number of aromatic amines is 1. The fourth-order valence-corrected chi connectivity index (χ4v) is 1.94. The van der Waals surface area contributed by atoms with Crippen LogP contribution in [0.2, 0.25) is 10.2 Å². The molecule has 0 atom stereocenters. The first-order chi connectivity index (χ1) is 10.0. The van der Waals surface area contributed by atoms with Crippen molar-refractivity contribution in [3.63, 3.8) is 0 Å². The van der Waals surface area contributed by atoms with Crippen LogP contribution in [0.25, 0.3) is 0 Å². The van der Waals surface area contributed by atoms with Crippen LogP contribution in [0.4, 0.5) is 5.69 Å². The molecule has 2 N–H and O–H groups in total. The third kappa shape index (κ3) is 3.77. The molecule has 0 aliphatic heterocycles. The number of H-pyrrole nitrogens is 1. The van der Waals surface area contributed by atoms with E-state index in [0.717, 1.165) is 0 Å². The number of rotatable bonds is 4. The van der Waals surface area contributed by atoms with Gasteiger partial charge in [0, 0.05) is 5.69 Å². The number of carbonyl (C=O) groups is 2. The van der Waals surface area contributed by atoms with E-state index in [1.54, 1.807) is 31.2 Å². The fourth-order valence-electron chi connectivity index (χ4n) is 1.63. The van der Waals surface area contributed by atoms with Crippen molar-refractivity contribution in [1.29, 1.82) is 0 Å². The Morgan fingerprint density at radius 1 is 1.24 bits per heavy atom. The lowest BCUT2D eigenvalue weighted by Crippen LogP contribution is -2.12. The summed E-state index contributed by atoms with van der Waals surface area (Å²) in [6.45, 7) is 2.05. The van der Waals surface area contributed by atoms with Crippen LogP contribution in [0.1, 0.15) is 27.8 Å². The predicted octanol–water partition coefficient (Wildman–Crippen LogP) is 3.75. The van der Waals surface area contributed by atoms with E-state index in [4.69, 9.17) is 27.9 Å². The molecule has 0 saturated heterocycles. The zero-order valence-corrected chi connectivity index (χ0v) is 12.6. The quantitative estimate of drug-likeness (QED) is 0.840. The molecule has 0 fully saturated rings. The Kier molecular flexibility index (Phi) is 4.88. The van der Waals surface area contributed by atoms with Crippen molar-refractivity contribution in [3.8, 4) is 0 Å². The van der Waals surface area contributed by atoms with E-state index in [2.05, 4.69) is 10.3 Å². The smallest absolute Gasteiger partial charge is 0.338 e. The Balaban J connectivity index is 2.06. The summed E-state index contributed by atoms with van der Waals surface area (Å²) in [4.78, 5) is 26.1. The number of esters is 1. The molecule has 2 rings (SSSR count). The Morgan fingerprint density at radius 3 is 2.43 bits per heavy atom. The molecule has 0 radical (unpaired) electrons. The Morgan fingerprint density at radius 2 is 1.90 bits per heavy atom. The molecule has 0 bridgehead atoms.